The van der Waals surface area contributed by atoms with Gasteiger partial charge in [0.05, 0.1) is 0 Å². The molecule has 94 valence electrons. The average Bonchev–Trinajstić information content (AvgIpc) is 2.27. The summed E-state index contributed by atoms with van der Waals surface area (Å²) in [6, 6.07) is 1.08. The monoisotopic (exact) mass is 260 g/mol. The predicted molar refractivity (Wildman–Crippen MR) is 78.2 cm³/mol. The van der Waals surface area contributed by atoms with E-state index >= 15 is 0 Å². The fourth-order valence-corrected chi connectivity index (χ4v) is 3.07. The van der Waals surface area contributed by atoms with Gasteiger partial charge in [-0.25, -0.2) is 0 Å². The molecule has 0 aromatic heterocycles. The number of nitrogens with one attached hydrogen (secondary N) is 2. The second-order valence-corrected chi connectivity index (χ2v) is 6.24. The van der Waals surface area contributed by atoms with Gasteiger partial charge in [-0.3, -0.25) is 0 Å². The third kappa shape index (κ3) is 5.94. The normalized spacial score (nSPS) is 19.1. The molecule has 1 aliphatic carbocycles. The molecule has 1 fully saturated rings. The van der Waals surface area contributed by atoms with E-state index in [4.69, 9.17) is 12.2 Å². The summed E-state index contributed by atoms with van der Waals surface area (Å²) >= 11 is 7.28. The maximum atomic E-state index is 5.33. The summed E-state index contributed by atoms with van der Waals surface area (Å²) in [5.74, 6) is 2.30. The van der Waals surface area contributed by atoms with E-state index in [0.29, 0.717) is 12.1 Å². The number of thioether (sulfide) groups is 1. The molecule has 2 nitrogen and oxygen atoms in total. The van der Waals surface area contributed by atoms with E-state index < -0.39 is 0 Å². The zero-order chi connectivity index (χ0) is 11.8. The van der Waals surface area contributed by atoms with Crippen LogP contribution in [0.5, 0.6) is 0 Å². The highest BCUT2D eigenvalue weighted by Crippen LogP contribution is 2.17. The number of thiocarbonyl (C=S) groups is 1. The number of rotatable bonds is 5. The summed E-state index contributed by atoms with van der Waals surface area (Å²) in [5, 5.41) is 7.64. The van der Waals surface area contributed by atoms with Crippen LogP contribution in [0.4, 0.5) is 0 Å². The molecule has 0 heterocycles. The van der Waals surface area contributed by atoms with Crippen molar-refractivity contribution in [1.82, 2.24) is 10.6 Å². The van der Waals surface area contributed by atoms with Crippen molar-refractivity contribution < 1.29 is 0 Å². The van der Waals surface area contributed by atoms with Crippen LogP contribution < -0.4 is 10.6 Å². The summed E-state index contributed by atoms with van der Waals surface area (Å²) < 4.78 is 0. The summed E-state index contributed by atoms with van der Waals surface area (Å²) in [6.07, 6.45) is 6.64. The van der Waals surface area contributed by atoms with E-state index in [0.717, 1.165) is 10.9 Å². The Balaban J connectivity index is 2.13. The van der Waals surface area contributed by atoms with Crippen LogP contribution in [0.25, 0.3) is 0 Å². The Labute approximate surface area is 109 Å². The smallest absolute Gasteiger partial charge is 0.166 e. The lowest BCUT2D eigenvalue weighted by atomic mass is 9.96. The Morgan fingerprint density at radius 3 is 2.69 bits per heavy atom. The Morgan fingerprint density at radius 2 is 2.06 bits per heavy atom. The number of hydrogen-bond acceptors (Lipinski definition) is 2. The van der Waals surface area contributed by atoms with E-state index in [1.165, 1.54) is 37.9 Å². The van der Waals surface area contributed by atoms with Gasteiger partial charge in [0.1, 0.15) is 0 Å². The molecule has 0 aromatic carbocycles. The molecular formula is C12H24N2S2. The molecule has 1 saturated carbocycles. The molecule has 1 aliphatic rings. The van der Waals surface area contributed by atoms with E-state index in [1.54, 1.807) is 0 Å². The Morgan fingerprint density at radius 1 is 1.38 bits per heavy atom. The maximum Gasteiger partial charge on any atom is 0.166 e. The Hall–Kier alpha value is 0.0400. The van der Waals surface area contributed by atoms with Crippen LogP contribution in [0, 0.1) is 0 Å². The molecule has 1 atom stereocenters. The minimum absolute atomic E-state index is 0.466. The van der Waals surface area contributed by atoms with Crippen molar-refractivity contribution in [3.8, 4) is 0 Å². The zero-order valence-electron chi connectivity index (χ0n) is 10.4. The van der Waals surface area contributed by atoms with Crippen LogP contribution in [0.3, 0.4) is 0 Å². The second kappa shape index (κ2) is 8.18. The van der Waals surface area contributed by atoms with Crippen molar-refractivity contribution in [2.24, 2.45) is 0 Å². The molecule has 0 aliphatic heterocycles. The molecule has 0 aromatic rings. The van der Waals surface area contributed by atoms with Gasteiger partial charge in [-0.1, -0.05) is 26.2 Å². The first-order chi connectivity index (χ1) is 7.72. The SMILES string of the molecule is CCSCC(C)NC(=S)NC1CCCCC1. The van der Waals surface area contributed by atoms with E-state index in [9.17, 15) is 0 Å². The van der Waals surface area contributed by atoms with Gasteiger partial charge in [0.15, 0.2) is 5.11 Å². The van der Waals surface area contributed by atoms with Crippen LogP contribution in [0.2, 0.25) is 0 Å². The van der Waals surface area contributed by atoms with Crippen molar-refractivity contribution in [1.29, 1.82) is 0 Å². The van der Waals surface area contributed by atoms with Gasteiger partial charge in [0.2, 0.25) is 0 Å². The van der Waals surface area contributed by atoms with Crippen molar-refractivity contribution in [2.75, 3.05) is 11.5 Å². The summed E-state index contributed by atoms with van der Waals surface area (Å²) in [5.41, 5.74) is 0. The molecule has 4 heteroatoms. The summed E-state index contributed by atoms with van der Waals surface area (Å²) in [4.78, 5) is 0. The zero-order valence-corrected chi connectivity index (χ0v) is 12.1. The van der Waals surface area contributed by atoms with Gasteiger partial charge in [-0.15, -0.1) is 0 Å². The fraction of sp³-hybridized carbons (Fsp3) is 0.917. The van der Waals surface area contributed by atoms with Gasteiger partial charge in [0.25, 0.3) is 0 Å². The minimum Gasteiger partial charge on any atom is -0.360 e. The van der Waals surface area contributed by atoms with Crippen LogP contribution in [0.1, 0.15) is 46.0 Å². The average molecular weight is 260 g/mol. The van der Waals surface area contributed by atoms with Crippen LogP contribution in [-0.4, -0.2) is 28.7 Å². The van der Waals surface area contributed by atoms with Crippen molar-refractivity contribution in [3.63, 3.8) is 0 Å². The standard InChI is InChI=1S/C12H24N2S2/c1-3-16-9-10(2)13-12(15)14-11-7-5-4-6-8-11/h10-11H,3-9H2,1-2H3,(H2,13,14,15). The Bertz CT molecular complexity index is 203. The molecule has 0 saturated heterocycles. The highest BCUT2D eigenvalue weighted by atomic mass is 32.2. The molecule has 0 radical (unpaired) electrons. The third-order valence-electron chi connectivity index (χ3n) is 2.89. The van der Waals surface area contributed by atoms with Gasteiger partial charge < -0.3 is 10.6 Å². The van der Waals surface area contributed by atoms with Crippen LogP contribution in [0.15, 0.2) is 0 Å². The van der Waals surface area contributed by atoms with Gasteiger partial charge in [-0.2, -0.15) is 11.8 Å². The third-order valence-corrected chi connectivity index (χ3v) is 4.27. The molecule has 0 amide bonds. The highest BCUT2D eigenvalue weighted by Gasteiger charge is 2.14. The first-order valence-electron chi connectivity index (χ1n) is 6.37. The molecule has 2 N–H and O–H groups in total. The van der Waals surface area contributed by atoms with Crippen molar-refractivity contribution in [2.45, 2.75) is 58.0 Å². The summed E-state index contributed by atoms with van der Waals surface area (Å²) in [6.45, 7) is 4.38. The van der Waals surface area contributed by atoms with E-state index in [2.05, 4.69) is 24.5 Å². The van der Waals surface area contributed by atoms with Crippen LogP contribution in [-0.2, 0) is 0 Å². The minimum atomic E-state index is 0.466. The summed E-state index contributed by atoms with van der Waals surface area (Å²) in [7, 11) is 0. The molecular weight excluding hydrogens is 236 g/mol. The molecule has 1 rings (SSSR count). The highest BCUT2D eigenvalue weighted by molar-refractivity contribution is 7.99. The first-order valence-corrected chi connectivity index (χ1v) is 7.93. The topological polar surface area (TPSA) is 24.1 Å². The lowest BCUT2D eigenvalue weighted by Gasteiger charge is -2.25. The Kier molecular flexibility index (Phi) is 7.21. The van der Waals surface area contributed by atoms with E-state index in [1.807, 2.05) is 11.8 Å². The van der Waals surface area contributed by atoms with E-state index in [-0.39, 0.29) is 0 Å². The molecule has 1 unspecified atom stereocenters. The predicted octanol–water partition coefficient (Wildman–Crippen LogP) is 2.92. The maximum absolute atomic E-state index is 5.33. The van der Waals surface area contributed by atoms with Gasteiger partial charge >= 0.3 is 0 Å². The van der Waals surface area contributed by atoms with Gasteiger partial charge in [-0.05, 0) is 37.7 Å². The van der Waals surface area contributed by atoms with Gasteiger partial charge in [0, 0.05) is 17.8 Å². The fourth-order valence-electron chi connectivity index (χ4n) is 2.03. The van der Waals surface area contributed by atoms with Crippen LogP contribution >= 0.6 is 24.0 Å². The quantitative estimate of drug-likeness (QED) is 0.742. The number of hydrogen-bond donors (Lipinski definition) is 2. The lowest BCUT2D eigenvalue weighted by Crippen LogP contribution is -2.46. The molecule has 0 spiro atoms. The largest absolute Gasteiger partial charge is 0.360 e. The second-order valence-electron chi connectivity index (χ2n) is 4.51. The molecule has 0 bridgehead atoms. The lowest BCUT2D eigenvalue weighted by molar-refractivity contribution is 0.411. The molecule has 16 heavy (non-hydrogen) atoms. The first kappa shape index (κ1) is 14.1. The van der Waals surface area contributed by atoms with Crippen molar-refractivity contribution in [3.05, 3.63) is 0 Å². The van der Waals surface area contributed by atoms with Crippen molar-refractivity contribution >= 4 is 29.1 Å².